The third-order valence-electron chi connectivity index (χ3n) is 20.2. The minimum absolute atomic E-state index is 0.0207. The lowest BCUT2D eigenvalue weighted by Crippen LogP contribution is -2.60. The Balaban J connectivity index is 1.53. The highest BCUT2D eigenvalue weighted by atomic mass is 16.3. The number of aliphatic hydroxyl groups excluding tert-OH is 1. The van der Waals surface area contributed by atoms with Crippen molar-refractivity contribution in [2.75, 3.05) is 95.6 Å². The number of hydrogen-bond donors (Lipinski definition) is 5. The second-order valence-corrected chi connectivity index (χ2v) is 29.5. The fourth-order valence-corrected chi connectivity index (χ4v) is 13.2. The molecule has 2 heterocycles. The van der Waals surface area contributed by atoms with Crippen molar-refractivity contribution < 1.29 is 67.4 Å². The van der Waals surface area contributed by atoms with E-state index in [2.05, 4.69) is 21.3 Å². The van der Waals surface area contributed by atoms with Crippen molar-refractivity contribution >= 4 is 76.7 Å². The molecule has 12 amide bonds. The third-order valence-corrected chi connectivity index (χ3v) is 20.2. The van der Waals surface area contributed by atoms with E-state index >= 15 is 9.59 Å². The summed E-state index contributed by atoms with van der Waals surface area (Å²) in [6, 6.07) is 16.0. The average Bonchev–Trinajstić information content (AvgIpc) is 0.826. The number of rotatable bonds is 18. The Morgan fingerprint density at radius 3 is 1.62 bits per heavy atom. The lowest BCUT2D eigenvalue weighted by atomic mass is 9.96. The molecule has 2 saturated heterocycles. The highest BCUT2D eigenvalue weighted by molar-refractivity contribution is 5.98. The molecule has 3 aromatic rings. The molecule has 0 aromatic heterocycles. The molecule has 0 aliphatic carbocycles. The number of likely N-dealkylation sites (N-methyl/N-ethyl adjacent to an activating group) is 5. The number of Topliss-reactive ketones (excluding diaryl/α,β-unsaturated/α-hetero) is 1. The fourth-order valence-electron chi connectivity index (χ4n) is 13.2. The first-order chi connectivity index (χ1) is 49.5. The number of hydrogen-bond acceptors (Lipinski definition) is 15. The van der Waals surface area contributed by atoms with E-state index in [4.69, 9.17) is 0 Å². The molecule has 5 N–H and O–H groups in total. The summed E-state index contributed by atoms with van der Waals surface area (Å²) in [5, 5.41) is 22.5. The highest BCUT2D eigenvalue weighted by Crippen LogP contribution is 2.23. The van der Waals surface area contributed by atoms with Crippen molar-refractivity contribution in [2.24, 2.45) is 17.8 Å². The maximum Gasteiger partial charge on any atom is 0.248 e. The first kappa shape index (κ1) is 86.5. The molecule has 27 heteroatoms. The predicted molar refractivity (Wildman–Crippen MR) is 399 cm³/mol. The van der Waals surface area contributed by atoms with Gasteiger partial charge in [0, 0.05) is 127 Å². The van der Waals surface area contributed by atoms with Gasteiger partial charge in [-0.15, -0.1) is 0 Å². The largest absolute Gasteiger partial charge is 0.391 e. The zero-order valence-corrected chi connectivity index (χ0v) is 64.7. The van der Waals surface area contributed by atoms with Crippen LogP contribution in [0.3, 0.4) is 0 Å². The second kappa shape index (κ2) is 41.5. The number of benzene rings is 3. The van der Waals surface area contributed by atoms with E-state index in [1.54, 1.807) is 66.4 Å². The summed E-state index contributed by atoms with van der Waals surface area (Å²) in [5.41, 5.74) is 2.12. The van der Waals surface area contributed by atoms with Crippen LogP contribution in [0.2, 0.25) is 0 Å². The van der Waals surface area contributed by atoms with Gasteiger partial charge in [0.25, 0.3) is 0 Å². The van der Waals surface area contributed by atoms with E-state index in [9.17, 15) is 57.8 Å². The summed E-state index contributed by atoms with van der Waals surface area (Å²) >= 11 is 0. The van der Waals surface area contributed by atoms with Gasteiger partial charge in [-0.3, -0.25) is 67.6 Å². The van der Waals surface area contributed by atoms with Gasteiger partial charge in [0.15, 0.2) is 5.78 Å². The van der Waals surface area contributed by atoms with Crippen molar-refractivity contribution in [1.82, 2.24) is 65.4 Å². The Morgan fingerprint density at radius 1 is 0.571 bits per heavy atom. The van der Waals surface area contributed by atoms with E-state index in [1.807, 2.05) is 64.1 Å². The van der Waals surface area contributed by atoms with Gasteiger partial charge in [-0.2, -0.15) is 0 Å². The van der Waals surface area contributed by atoms with Gasteiger partial charge in [0.1, 0.15) is 36.3 Å². The van der Waals surface area contributed by atoms with Crippen LogP contribution in [0.5, 0.6) is 0 Å². The maximum absolute atomic E-state index is 15.5. The van der Waals surface area contributed by atoms with E-state index in [0.717, 1.165) is 34.6 Å². The van der Waals surface area contributed by atoms with Gasteiger partial charge in [-0.05, 0) is 94.7 Å². The Hall–Kier alpha value is -9.11. The molecule has 0 bridgehead atoms. The first-order valence-electron chi connectivity index (χ1n) is 36.8. The summed E-state index contributed by atoms with van der Waals surface area (Å²) in [5.74, 6) is -8.78. The summed E-state index contributed by atoms with van der Waals surface area (Å²) < 4.78 is 0. The van der Waals surface area contributed by atoms with Crippen molar-refractivity contribution in [2.45, 2.75) is 193 Å². The van der Waals surface area contributed by atoms with E-state index in [0.29, 0.717) is 30.6 Å². The normalized spacial score (nSPS) is 22.8. The van der Waals surface area contributed by atoms with Crippen LogP contribution in [-0.4, -0.2) is 282 Å². The van der Waals surface area contributed by atoms with Gasteiger partial charge in [0.2, 0.25) is 70.9 Å². The Bertz CT molecular complexity index is 3430. The van der Waals surface area contributed by atoms with E-state index in [1.165, 1.54) is 107 Å². The summed E-state index contributed by atoms with van der Waals surface area (Å²) in [6.45, 7) is 13.6. The molecule has 0 spiro atoms. The third kappa shape index (κ3) is 25.9. The molecule has 2 aliphatic rings. The molecule has 105 heavy (non-hydrogen) atoms. The molecule has 27 nitrogen and oxygen atoms in total. The number of aliphatic hydroxyl groups is 1. The first-order valence-corrected chi connectivity index (χ1v) is 36.8. The van der Waals surface area contributed by atoms with Crippen LogP contribution in [0, 0.1) is 17.8 Å². The number of carbonyl (C=O) groups is 13. The van der Waals surface area contributed by atoms with Crippen LogP contribution in [0.4, 0.5) is 0 Å². The molecule has 5 rings (SSSR count). The molecule has 0 unspecified atom stereocenters. The molecule has 0 saturated carbocycles. The van der Waals surface area contributed by atoms with Gasteiger partial charge in [-0.1, -0.05) is 119 Å². The molecule has 578 valence electrons. The summed E-state index contributed by atoms with van der Waals surface area (Å²) in [4.78, 5) is 201. The van der Waals surface area contributed by atoms with Crippen LogP contribution in [0.25, 0.3) is 0 Å². The minimum Gasteiger partial charge on any atom is -0.391 e. The molecule has 11 atom stereocenters. The van der Waals surface area contributed by atoms with Crippen molar-refractivity contribution in [3.63, 3.8) is 0 Å². The number of likely N-dealkylation sites (tertiary alicyclic amines) is 1. The SMILES string of the molecule is CC(C)C[C@H]1CC(=O)N[C@@H]([C@@H](C)O)C(=O)N(C)[C@@H](C)C(=O)CN[C@H](C(=O)N(C)[C@@H](Cc2ccccc2)C(=O)N(C)[C@@H](Cc2ccccc2)C(=O)N[C@@H](C)C(=O)N2CCCCC2)CC(=O)N(C)CCC(=O)N(C)CCC(=O)N(C)C[C@@H](Cc2ccccc2)C(=O)N[C@@H](C)C(=O)N(C)[C@@H](CC(C)C)C(=O)N1C. The molecular formula is C78H117N13O14. The predicted octanol–water partition coefficient (Wildman–Crippen LogP) is 2.94. The second-order valence-electron chi connectivity index (χ2n) is 29.5. The van der Waals surface area contributed by atoms with Crippen molar-refractivity contribution in [3.8, 4) is 0 Å². The summed E-state index contributed by atoms with van der Waals surface area (Å²) in [6.07, 6.45) is 0.399. The standard InChI is InChI=1S/C78H117N13O14/c1-50(2)41-60-46-66(94)82-70(55(8)92)78(105)86(12)54(7)65(93)48-79-61(75(102)90(16)64(45-58-33-25-19-26-34-58)77(104)88(14)62(44-57-31-23-18-24-32-57)72(99)81-53(6)74(101)91-37-27-20-28-38-91)47-69(97)84(10)40-35-67(95)83(9)39-36-68(96)85(11)49-59(43-56-29-21-17-22-30-56)71(98)80-52(5)73(100)89(15)63(42-51(3)4)76(103)87(60)13/h17-19,21-26,29-34,50-55,59-64,70,79,92H,20,27-28,35-49H2,1-16H3,(H,80,98)(H,81,99)(H,82,94)/t52-,53-,54-,55+,59+,60-,61-,62-,63-,64-,70-/m0/s1. The zero-order valence-electron chi connectivity index (χ0n) is 64.7. The highest BCUT2D eigenvalue weighted by Gasteiger charge is 2.42. The van der Waals surface area contributed by atoms with Gasteiger partial charge < -0.3 is 65.2 Å². The van der Waals surface area contributed by atoms with Crippen LogP contribution in [-0.2, 0) is 81.6 Å². The minimum atomic E-state index is -1.61. The quantitative estimate of drug-likeness (QED) is 0.122. The molecule has 2 aliphatic heterocycles. The fraction of sp³-hybridized carbons (Fsp3) is 0.603. The van der Waals surface area contributed by atoms with Crippen LogP contribution in [0.1, 0.15) is 130 Å². The Morgan fingerprint density at radius 2 is 1.09 bits per heavy atom. The Labute approximate surface area is 620 Å². The molecular weight excluding hydrogens is 1340 g/mol. The van der Waals surface area contributed by atoms with Gasteiger partial charge >= 0.3 is 0 Å². The summed E-state index contributed by atoms with van der Waals surface area (Å²) in [7, 11) is 11.6. The maximum atomic E-state index is 15.5. The van der Waals surface area contributed by atoms with Gasteiger partial charge in [-0.25, -0.2) is 0 Å². The van der Waals surface area contributed by atoms with Gasteiger partial charge in [0.05, 0.1) is 37.1 Å². The van der Waals surface area contributed by atoms with Crippen molar-refractivity contribution in [3.05, 3.63) is 108 Å². The lowest BCUT2D eigenvalue weighted by molar-refractivity contribution is -0.149. The van der Waals surface area contributed by atoms with Crippen molar-refractivity contribution in [1.29, 1.82) is 0 Å². The average molecular weight is 1460 g/mol. The number of nitrogens with one attached hydrogen (secondary N) is 4. The lowest BCUT2D eigenvalue weighted by Gasteiger charge is -2.37. The molecule has 3 aromatic carbocycles. The number of ketones is 1. The monoisotopic (exact) mass is 1460 g/mol. The van der Waals surface area contributed by atoms with E-state index in [-0.39, 0.29) is 82.3 Å². The van der Waals surface area contributed by atoms with Crippen LogP contribution >= 0.6 is 0 Å². The number of piperidine rings is 1. The molecule has 2 fully saturated rings. The topological polar surface area (TPSA) is 319 Å². The van der Waals surface area contributed by atoms with Crippen LogP contribution in [0.15, 0.2) is 91.0 Å². The number of carbonyl (C=O) groups excluding carboxylic acids is 13. The number of nitrogens with zero attached hydrogens (tertiary/aromatic N) is 9. The van der Waals surface area contributed by atoms with E-state index < -0.39 is 150 Å². The van der Waals surface area contributed by atoms with Crippen LogP contribution < -0.4 is 21.3 Å². The smallest absolute Gasteiger partial charge is 0.248 e. The molecule has 0 radical (unpaired) electrons. The zero-order chi connectivity index (χ0) is 78.1. The Kier molecular flexibility index (Phi) is 34.2. The number of amides is 12.